The van der Waals surface area contributed by atoms with Gasteiger partial charge in [-0.1, -0.05) is 0 Å². The first kappa shape index (κ1) is 11.9. The molecule has 0 saturated heterocycles. The van der Waals surface area contributed by atoms with Crippen molar-refractivity contribution in [2.75, 3.05) is 12.4 Å². The van der Waals surface area contributed by atoms with Crippen molar-refractivity contribution >= 4 is 11.6 Å². The van der Waals surface area contributed by atoms with Crippen LogP contribution in [0, 0.1) is 5.92 Å². The van der Waals surface area contributed by atoms with Crippen LogP contribution in [-0.4, -0.2) is 24.0 Å². The van der Waals surface area contributed by atoms with Gasteiger partial charge in [0.25, 0.3) is 0 Å². The third-order valence-electron chi connectivity index (χ3n) is 3.10. The largest absolute Gasteiger partial charge is 0.494 e. The van der Waals surface area contributed by atoms with E-state index in [0.717, 1.165) is 19.3 Å². The lowest BCUT2D eigenvalue weighted by atomic mass is 10.1. The van der Waals surface area contributed by atoms with E-state index >= 15 is 0 Å². The minimum Gasteiger partial charge on any atom is -0.494 e. The summed E-state index contributed by atoms with van der Waals surface area (Å²) >= 11 is 0. The number of nitrogens with two attached hydrogens (primary N) is 1. The maximum atomic E-state index is 12.0. The fourth-order valence-corrected chi connectivity index (χ4v) is 2.14. The fourth-order valence-electron chi connectivity index (χ4n) is 2.14. The van der Waals surface area contributed by atoms with Crippen molar-refractivity contribution in [2.24, 2.45) is 11.7 Å². The van der Waals surface area contributed by atoms with Gasteiger partial charge < -0.3 is 15.8 Å². The molecule has 1 aliphatic carbocycles. The lowest BCUT2D eigenvalue weighted by Gasteiger charge is -2.12. The van der Waals surface area contributed by atoms with Crippen LogP contribution < -0.4 is 15.8 Å². The Morgan fingerprint density at radius 1 is 1.59 bits per heavy atom. The molecule has 0 radical (unpaired) electrons. The summed E-state index contributed by atoms with van der Waals surface area (Å²) in [6.45, 7) is 0. The van der Waals surface area contributed by atoms with Crippen molar-refractivity contribution in [1.82, 2.24) is 4.98 Å². The van der Waals surface area contributed by atoms with Crippen LogP contribution in [0.5, 0.6) is 5.75 Å². The van der Waals surface area contributed by atoms with Crippen LogP contribution in [0.3, 0.4) is 0 Å². The van der Waals surface area contributed by atoms with E-state index in [9.17, 15) is 4.79 Å². The summed E-state index contributed by atoms with van der Waals surface area (Å²) in [7, 11) is 1.57. The highest BCUT2D eigenvalue weighted by molar-refractivity contribution is 5.93. The molecular formula is C12H17N3O2. The first-order valence-electron chi connectivity index (χ1n) is 5.75. The monoisotopic (exact) mass is 235 g/mol. The van der Waals surface area contributed by atoms with Crippen molar-refractivity contribution in [1.29, 1.82) is 0 Å². The van der Waals surface area contributed by atoms with Gasteiger partial charge in [-0.25, -0.2) is 0 Å². The Morgan fingerprint density at radius 3 is 3.06 bits per heavy atom. The molecule has 0 aromatic carbocycles. The number of anilines is 1. The summed E-state index contributed by atoms with van der Waals surface area (Å²) in [5.41, 5.74) is 6.41. The molecule has 1 aromatic rings. The maximum absolute atomic E-state index is 12.0. The second-order valence-electron chi connectivity index (χ2n) is 4.34. The lowest BCUT2D eigenvalue weighted by Crippen LogP contribution is -2.23. The summed E-state index contributed by atoms with van der Waals surface area (Å²) in [4.78, 5) is 15.9. The summed E-state index contributed by atoms with van der Waals surface area (Å²) in [5, 5.41) is 2.84. The third kappa shape index (κ3) is 2.74. The molecule has 1 aliphatic rings. The van der Waals surface area contributed by atoms with E-state index in [4.69, 9.17) is 10.5 Å². The van der Waals surface area contributed by atoms with Gasteiger partial charge in [-0.2, -0.15) is 0 Å². The molecule has 5 heteroatoms. The first-order valence-corrected chi connectivity index (χ1v) is 5.75. The molecule has 2 unspecified atom stereocenters. The van der Waals surface area contributed by atoms with Crippen LogP contribution in [0.1, 0.15) is 19.3 Å². The number of rotatable bonds is 3. The Morgan fingerprint density at radius 2 is 2.41 bits per heavy atom. The van der Waals surface area contributed by atoms with Crippen LogP contribution in [0.25, 0.3) is 0 Å². The molecule has 0 aliphatic heterocycles. The summed E-state index contributed by atoms with van der Waals surface area (Å²) in [5.74, 6) is 0.634. The number of aromatic nitrogens is 1. The van der Waals surface area contributed by atoms with E-state index in [0.29, 0.717) is 11.4 Å². The van der Waals surface area contributed by atoms with E-state index in [1.165, 1.54) is 0 Å². The number of nitrogens with zero attached hydrogens (tertiary/aromatic N) is 1. The average molecular weight is 235 g/mol. The quantitative estimate of drug-likeness (QED) is 0.824. The summed E-state index contributed by atoms with van der Waals surface area (Å²) < 4.78 is 5.15. The number of ether oxygens (including phenoxy) is 1. The molecule has 2 rings (SSSR count). The molecule has 1 amide bonds. The van der Waals surface area contributed by atoms with Gasteiger partial charge >= 0.3 is 0 Å². The second kappa shape index (κ2) is 5.14. The normalized spacial score (nSPS) is 23.4. The Bertz CT molecular complexity index is 408. The van der Waals surface area contributed by atoms with Crippen molar-refractivity contribution < 1.29 is 9.53 Å². The predicted molar refractivity (Wildman–Crippen MR) is 64.7 cm³/mol. The third-order valence-corrected chi connectivity index (χ3v) is 3.10. The van der Waals surface area contributed by atoms with Crippen LogP contribution in [0.4, 0.5) is 5.69 Å². The number of hydrogen-bond acceptors (Lipinski definition) is 4. The number of nitrogens with one attached hydrogen (secondary N) is 1. The van der Waals surface area contributed by atoms with Crippen molar-refractivity contribution in [3.05, 3.63) is 18.5 Å². The van der Waals surface area contributed by atoms with Crippen molar-refractivity contribution in [3.8, 4) is 5.75 Å². The Kier molecular flexibility index (Phi) is 3.58. The molecule has 92 valence electrons. The van der Waals surface area contributed by atoms with E-state index in [1.807, 2.05) is 0 Å². The lowest BCUT2D eigenvalue weighted by molar-refractivity contribution is -0.119. The molecule has 1 aromatic heterocycles. The SMILES string of the molecule is COc1ccncc1NC(=O)C1CCC(N)C1. The van der Waals surface area contributed by atoms with Crippen LogP contribution in [0.15, 0.2) is 18.5 Å². The van der Waals surface area contributed by atoms with E-state index in [1.54, 1.807) is 25.6 Å². The van der Waals surface area contributed by atoms with Gasteiger partial charge in [0.05, 0.1) is 13.3 Å². The predicted octanol–water partition coefficient (Wildman–Crippen LogP) is 1.16. The molecule has 1 heterocycles. The molecule has 3 N–H and O–H groups in total. The minimum absolute atomic E-state index is 0.00394. The number of amides is 1. The Labute approximate surface area is 100 Å². The van der Waals surface area contributed by atoms with Crippen molar-refractivity contribution in [3.63, 3.8) is 0 Å². The van der Waals surface area contributed by atoms with Gasteiger partial charge in [0, 0.05) is 24.2 Å². The molecule has 2 atom stereocenters. The fraction of sp³-hybridized carbons (Fsp3) is 0.500. The highest BCUT2D eigenvalue weighted by atomic mass is 16.5. The van der Waals surface area contributed by atoms with E-state index in [-0.39, 0.29) is 17.9 Å². The number of carbonyl (C=O) groups is 1. The summed E-state index contributed by atoms with van der Waals surface area (Å²) in [6, 6.07) is 1.87. The number of hydrogen-bond donors (Lipinski definition) is 2. The highest BCUT2D eigenvalue weighted by Gasteiger charge is 2.28. The molecule has 5 nitrogen and oxygen atoms in total. The second-order valence-corrected chi connectivity index (χ2v) is 4.34. The zero-order chi connectivity index (χ0) is 12.3. The molecular weight excluding hydrogens is 218 g/mol. The number of methoxy groups -OCH3 is 1. The number of pyridine rings is 1. The zero-order valence-corrected chi connectivity index (χ0v) is 9.85. The molecule has 17 heavy (non-hydrogen) atoms. The van der Waals surface area contributed by atoms with Gasteiger partial charge in [-0.15, -0.1) is 0 Å². The number of carbonyl (C=O) groups excluding carboxylic acids is 1. The first-order chi connectivity index (χ1) is 8.20. The van der Waals surface area contributed by atoms with Gasteiger partial charge in [0.2, 0.25) is 5.91 Å². The topological polar surface area (TPSA) is 77.2 Å². The average Bonchev–Trinajstić information content (AvgIpc) is 2.77. The van der Waals surface area contributed by atoms with Gasteiger partial charge in [0.1, 0.15) is 11.4 Å². The van der Waals surface area contributed by atoms with E-state index in [2.05, 4.69) is 10.3 Å². The highest BCUT2D eigenvalue weighted by Crippen LogP contribution is 2.27. The van der Waals surface area contributed by atoms with E-state index < -0.39 is 0 Å². The van der Waals surface area contributed by atoms with Crippen LogP contribution in [-0.2, 0) is 4.79 Å². The molecule has 0 spiro atoms. The molecule has 1 saturated carbocycles. The Hall–Kier alpha value is -1.62. The molecule has 1 fully saturated rings. The minimum atomic E-state index is 0.00394. The summed E-state index contributed by atoms with van der Waals surface area (Å²) in [6.07, 6.45) is 5.75. The Balaban J connectivity index is 2.03. The van der Waals surface area contributed by atoms with Gasteiger partial charge in [-0.05, 0) is 19.3 Å². The van der Waals surface area contributed by atoms with Crippen LogP contribution >= 0.6 is 0 Å². The zero-order valence-electron chi connectivity index (χ0n) is 9.85. The smallest absolute Gasteiger partial charge is 0.227 e. The van der Waals surface area contributed by atoms with Gasteiger partial charge in [0.15, 0.2) is 0 Å². The molecule has 0 bridgehead atoms. The van der Waals surface area contributed by atoms with Gasteiger partial charge in [-0.3, -0.25) is 9.78 Å². The standard InChI is InChI=1S/C12H17N3O2/c1-17-11-4-5-14-7-10(11)15-12(16)8-2-3-9(13)6-8/h4-5,7-9H,2-3,6,13H2,1H3,(H,15,16). The maximum Gasteiger partial charge on any atom is 0.227 e. The van der Waals surface area contributed by atoms with Crippen LogP contribution in [0.2, 0.25) is 0 Å². The van der Waals surface area contributed by atoms with Crippen molar-refractivity contribution in [2.45, 2.75) is 25.3 Å².